The summed E-state index contributed by atoms with van der Waals surface area (Å²) < 4.78 is 53.6. The normalized spacial score (nSPS) is 16.8. The molecule has 1 aromatic carbocycles. The zero-order chi connectivity index (χ0) is 19.0. The summed E-state index contributed by atoms with van der Waals surface area (Å²) in [5.74, 6) is -3.51. The van der Waals surface area contributed by atoms with Gasteiger partial charge in [0.2, 0.25) is 0 Å². The fourth-order valence-electron chi connectivity index (χ4n) is 1.96. The van der Waals surface area contributed by atoms with Gasteiger partial charge in [-0.2, -0.15) is 13.2 Å². The summed E-state index contributed by atoms with van der Waals surface area (Å²) in [5.41, 5.74) is -1.87. The first kappa shape index (κ1) is 18.9. The smallest absolute Gasteiger partial charge is 0.418 e. The molecule has 0 bridgehead atoms. The van der Waals surface area contributed by atoms with Crippen molar-refractivity contribution >= 4 is 29.2 Å². The molecule has 1 saturated heterocycles. The van der Waals surface area contributed by atoms with Gasteiger partial charge < -0.3 is 19.5 Å². The summed E-state index contributed by atoms with van der Waals surface area (Å²) in [6.07, 6.45) is -3.86. The van der Waals surface area contributed by atoms with E-state index >= 15 is 0 Å². The number of hydrogen-bond donors (Lipinski definition) is 1. The van der Waals surface area contributed by atoms with Crippen molar-refractivity contribution < 1.29 is 37.0 Å². The van der Waals surface area contributed by atoms with E-state index in [1.807, 2.05) is 0 Å². The van der Waals surface area contributed by atoms with Gasteiger partial charge in [0.1, 0.15) is 5.75 Å². The van der Waals surface area contributed by atoms with E-state index in [2.05, 4.69) is 5.32 Å². The first-order chi connectivity index (χ1) is 11.4. The second-order valence-corrected chi connectivity index (χ2v) is 5.79. The number of carbonyl (C=O) groups excluding carboxylic acids is 2. The van der Waals surface area contributed by atoms with Crippen LogP contribution in [0.3, 0.4) is 0 Å². The SMILES string of the molecule is COc1cc(NC=C2C(=O)OC(C)(C)OC2=O)c(Cl)c(C(F)(F)F)c1. The minimum Gasteiger partial charge on any atom is -0.497 e. The number of methoxy groups -OCH3 is 1. The molecule has 0 amide bonds. The third kappa shape index (κ3) is 4.16. The number of nitrogens with one attached hydrogen (secondary N) is 1. The maximum Gasteiger partial charge on any atom is 0.418 e. The first-order valence-corrected chi connectivity index (χ1v) is 7.20. The van der Waals surface area contributed by atoms with E-state index < -0.39 is 40.1 Å². The fraction of sp³-hybridized carbons (Fsp3) is 0.333. The van der Waals surface area contributed by atoms with E-state index in [-0.39, 0.29) is 11.4 Å². The molecule has 0 atom stereocenters. The topological polar surface area (TPSA) is 73.9 Å². The molecule has 1 heterocycles. The molecule has 10 heteroatoms. The lowest BCUT2D eigenvalue weighted by Gasteiger charge is -2.29. The van der Waals surface area contributed by atoms with Gasteiger partial charge >= 0.3 is 18.1 Å². The number of cyclic esters (lactones) is 2. The number of carbonyl (C=O) groups is 2. The van der Waals surface area contributed by atoms with Crippen LogP contribution in [0.2, 0.25) is 5.02 Å². The van der Waals surface area contributed by atoms with Crippen molar-refractivity contribution in [2.45, 2.75) is 25.8 Å². The summed E-state index contributed by atoms with van der Waals surface area (Å²) in [6.45, 7) is 2.73. The van der Waals surface area contributed by atoms with Crippen LogP contribution in [0.25, 0.3) is 0 Å². The minimum absolute atomic E-state index is 0.118. The average molecular weight is 380 g/mol. The highest BCUT2D eigenvalue weighted by molar-refractivity contribution is 6.34. The van der Waals surface area contributed by atoms with Crippen molar-refractivity contribution in [3.05, 3.63) is 34.5 Å². The molecule has 1 aliphatic rings. The Morgan fingerprint density at radius 2 is 1.76 bits per heavy atom. The van der Waals surface area contributed by atoms with Crippen LogP contribution in [0.5, 0.6) is 5.75 Å². The van der Waals surface area contributed by atoms with Crippen LogP contribution in [0, 0.1) is 0 Å². The number of hydrogen-bond acceptors (Lipinski definition) is 6. The van der Waals surface area contributed by atoms with E-state index in [0.29, 0.717) is 0 Å². The van der Waals surface area contributed by atoms with Gasteiger partial charge in [-0.25, -0.2) is 9.59 Å². The van der Waals surface area contributed by atoms with E-state index in [9.17, 15) is 22.8 Å². The van der Waals surface area contributed by atoms with E-state index in [4.69, 9.17) is 25.8 Å². The van der Waals surface area contributed by atoms with E-state index in [1.165, 1.54) is 27.0 Å². The van der Waals surface area contributed by atoms with Crippen molar-refractivity contribution in [3.63, 3.8) is 0 Å². The molecule has 1 aromatic rings. The number of anilines is 1. The number of ether oxygens (including phenoxy) is 3. The number of benzene rings is 1. The molecule has 1 fully saturated rings. The fourth-order valence-corrected chi connectivity index (χ4v) is 2.23. The Morgan fingerprint density at radius 1 is 1.20 bits per heavy atom. The summed E-state index contributed by atoms with van der Waals surface area (Å²) in [5, 5.41) is 1.73. The van der Waals surface area contributed by atoms with Gasteiger partial charge in [-0.05, 0) is 6.07 Å². The molecule has 0 saturated carbocycles. The standard InChI is InChI=1S/C15H13ClF3NO5/c1-14(2)24-12(21)8(13(22)25-14)6-20-10-5-7(23-3)4-9(11(10)16)15(17,18)19/h4-6,20H,1-3H3. The minimum atomic E-state index is -4.72. The van der Waals surface area contributed by atoms with E-state index in [0.717, 1.165) is 12.3 Å². The van der Waals surface area contributed by atoms with Gasteiger partial charge in [-0.1, -0.05) is 11.6 Å². The molecular weight excluding hydrogens is 367 g/mol. The Balaban J connectivity index is 2.38. The predicted octanol–water partition coefficient (Wildman–Crippen LogP) is 3.50. The maximum atomic E-state index is 13.0. The van der Waals surface area contributed by atoms with Crippen molar-refractivity contribution in [3.8, 4) is 5.75 Å². The molecule has 0 radical (unpaired) electrons. The van der Waals surface area contributed by atoms with Gasteiger partial charge in [0.25, 0.3) is 5.79 Å². The molecule has 0 unspecified atom stereocenters. The molecule has 0 spiro atoms. The Kier molecular flexibility index (Phi) is 4.90. The molecule has 1 aliphatic heterocycles. The zero-order valence-corrected chi connectivity index (χ0v) is 14.0. The first-order valence-electron chi connectivity index (χ1n) is 6.83. The largest absolute Gasteiger partial charge is 0.497 e. The van der Waals surface area contributed by atoms with Crippen molar-refractivity contribution in [1.29, 1.82) is 0 Å². The van der Waals surface area contributed by atoms with Crippen LogP contribution in [-0.4, -0.2) is 24.8 Å². The van der Waals surface area contributed by atoms with Gasteiger partial charge in [0.15, 0.2) is 5.57 Å². The van der Waals surface area contributed by atoms with Crippen molar-refractivity contribution in [2.24, 2.45) is 0 Å². The average Bonchev–Trinajstić information content (AvgIpc) is 2.45. The number of halogens is 4. The van der Waals surface area contributed by atoms with Crippen LogP contribution in [0.1, 0.15) is 19.4 Å². The van der Waals surface area contributed by atoms with Crippen molar-refractivity contribution in [1.82, 2.24) is 0 Å². The summed E-state index contributed by atoms with van der Waals surface area (Å²) in [7, 11) is 1.18. The van der Waals surface area contributed by atoms with Crippen LogP contribution < -0.4 is 10.1 Å². The molecule has 25 heavy (non-hydrogen) atoms. The summed E-state index contributed by atoms with van der Waals surface area (Å²) >= 11 is 5.76. The van der Waals surface area contributed by atoms with Crippen LogP contribution >= 0.6 is 11.6 Å². The van der Waals surface area contributed by atoms with Gasteiger partial charge in [-0.3, -0.25) is 0 Å². The quantitative estimate of drug-likeness (QED) is 0.492. The Hall–Kier alpha value is -2.42. The molecule has 2 rings (SSSR count). The highest BCUT2D eigenvalue weighted by atomic mass is 35.5. The summed E-state index contributed by atoms with van der Waals surface area (Å²) in [6, 6.07) is 1.91. The molecule has 1 N–H and O–H groups in total. The third-order valence-electron chi connectivity index (χ3n) is 3.08. The van der Waals surface area contributed by atoms with E-state index in [1.54, 1.807) is 0 Å². The molecule has 0 aromatic heterocycles. The highest BCUT2D eigenvalue weighted by Crippen LogP contribution is 2.41. The Morgan fingerprint density at radius 3 is 2.24 bits per heavy atom. The lowest BCUT2D eigenvalue weighted by Crippen LogP contribution is -2.42. The molecule has 136 valence electrons. The molecule has 6 nitrogen and oxygen atoms in total. The van der Waals surface area contributed by atoms with Crippen LogP contribution in [0.15, 0.2) is 23.9 Å². The number of rotatable bonds is 3. The number of alkyl halides is 3. The van der Waals surface area contributed by atoms with Crippen molar-refractivity contribution in [2.75, 3.05) is 12.4 Å². The summed E-state index contributed by atoms with van der Waals surface area (Å²) in [4.78, 5) is 23.6. The molecule has 0 aliphatic carbocycles. The van der Waals surface area contributed by atoms with Gasteiger partial charge in [-0.15, -0.1) is 0 Å². The second kappa shape index (κ2) is 6.47. The van der Waals surface area contributed by atoms with Crippen LogP contribution in [0.4, 0.5) is 18.9 Å². The zero-order valence-electron chi connectivity index (χ0n) is 13.3. The lowest BCUT2D eigenvalue weighted by atomic mass is 10.1. The maximum absolute atomic E-state index is 13.0. The van der Waals surface area contributed by atoms with Crippen LogP contribution in [-0.2, 0) is 25.2 Å². The number of esters is 2. The third-order valence-corrected chi connectivity index (χ3v) is 3.48. The van der Waals surface area contributed by atoms with Gasteiger partial charge in [0.05, 0.1) is 23.4 Å². The molecular formula is C15H13ClF3NO5. The Bertz CT molecular complexity index is 736. The van der Waals surface area contributed by atoms with Gasteiger partial charge in [0, 0.05) is 26.1 Å². The predicted molar refractivity (Wildman–Crippen MR) is 81.0 cm³/mol. The lowest BCUT2D eigenvalue weighted by molar-refractivity contribution is -0.222. The second-order valence-electron chi connectivity index (χ2n) is 5.42. The Labute approximate surface area is 145 Å². The highest BCUT2D eigenvalue weighted by Gasteiger charge is 2.39. The monoisotopic (exact) mass is 379 g/mol.